The summed E-state index contributed by atoms with van der Waals surface area (Å²) in [6.07, 6.45) is 1.61. The Hall–Kier alpha value is -2.12. The topological polar surface area (TPSA) is 96.5 Å². The van der Waals surface area contributed by atoms with Gasteiger partial charge in [0.15, 0.2) is 0 Å². The van der Waals surface area contributed by atoms with Gasteiger partial charge in [0.25, 0.3) is 0 Å². The molecule has 0 aliphatic heterocycles. The molecule has 8 heteroatoms. The summed E-state index contributed by atoms with van der Waals surface area (Å²) in [5.74, 6) is -0.555. The lowest BCUT2D eigenvalue weighted by Gasteiger charge is -2.13. The second-order valence-electron chi connectivity index (χ2n) is 3.67. The van der Waals surface area contributed by atoms with Crippen LogP contribution in [0.4, 0.5) is 5.69 Å². The highest BCUT2D eigenvalue weighted by Crippen LogP contribution is 2.27. The van der Waals surface area contributed by atoms with Gasteiger partial charge in [-0.2, -0.15) is 0 Å². The summed E-state index contributed by atoms with van der Waals surface area (Å²) in [4.78, 5) is 22.0. The summed E-state index contributed by atoms with van der Waals surface area (Å²) in [6, 6.07) is -0.687. The third kappa shape index (κ3) is 3.43. The number of esters is 1. The van der Waals surface area contributed by atoms with Crippen molar-refractivity contribution >= 4 is 11.7 Å². The first-order valence-corrected chi connectivity index (χ1v) is 6.08. The Balaban J connectivity index is 3.07. The zero-order valence-corrected chi connectivity index (χ0v) is 11.2. The second kappa shape index (κ2) is 6.72. The Labute approximate surface area is 110 Å². The van der Waals surface area contributed by atoms with Crippen LogP contribution in [0.15, 0.2) is 6.20 Å². The fraction of sp³-hybridized carbons (Fsp3) is 0.636. The van der Waals surface area contributed by atoms with E-state index < -0.39 is 16.9 Å². The van der Waals surface area contributed by atoms with Gasteiger partial charge in [-0.1, -0.05) is 6.92 Å². The fourth-order valence-corrected chi connectivity index (χ4v) is 1.59. The van der Waals surface area contributed by atoms with Crippen molar-refractivity contribution in [2.45, 2.75) is 33.2 Å². The first-order valence-electron chi connectivity index (χ1n) is 6.08. The number of ether oxygens (including phenoxy) is 2. The predicted molar refractivity (Wildman–Crippen MR) is 66.0 cm³/mol. The molecule has 0 bridgehead atoms. The fourth-order valence-electron chi connectivity index (χ4n) is 1.59. The molecular weight excluding hydrogens is 254 g/mol. The minimum atomic E-state index is -0.687. The average Bonchev–Trinajstić information content (AvgIpc) is 2.75. The number of aromatic nitrogens is 2. The molecule has 0 N–H and O–H groups in total. The molecule has 1 atom stereocenters. The van der Waals surface area contributed by atoms with Gasteiger partial charge in [0, 0.05) is 0 Å². The van der Waals surface area contributed by atoms with Crippen LogP contribution in [-0.2, 0) is 9.53 Å². The maximum absolute atomic E-state index is 11.7. The van der Waals surface area contributed by atoms with Gasteiger partial charge >= 0.3 is 17.5 Å². The van der Waals surface area contributed by atoms with Gasteiger partial charge in [0.2, 0.25) is 0 Å². The zero-order chi connectivity index (χ0) is 14.4. The molecule has 0 saturated heterocycles. The summed E-state index contributed by atoms with van der Waals surface area (Å²) in [5, 5.41) is 14.8. The molecule has 8 nitrogen and oxygen atoms in total. The summed E-state index contributed by atoms with van der Waals surface area (Å²) >= 11 is 0. The molecule has 0 amide bonds. The van der Waals surface area contributed by atoms with Crippen LogP contribution in [0.25, 0.3) is 0 Å². The van der Waals surface area contributed by atoms with Crippen LogP contribution in [0.1, 0.15) is 33.2 Å². The highest BCUT2D eigenvalue weighted by atomic mass is 16.6. The lowest BCUT2D eigenvalue weighted by atomic mass is 10.2. The lowest BCUT2D eigenvalue weighted by Crippen LogP contribution is -2.21. The molecule has 1 aromatic rings. The molecule has 0 radical (unpaired) electrons. The van der Waals surface area contributed by atoms with Crippen LogP contribution in [0, 0.1) is 10.1 Å². The highest BCUT2D eigenvalue weighted by molar-refractivity contribution is 5.74. The molecule has 0 unspecified atom stereocenters. The third-order valence-corrected chi connectivity index (χ3v) is 2.42. The Morgan fingerprint density at radius 2 is 2.16 bits per heavy atom. The molecule has 1 heterocycles. The van der Waals surface area contributed by atoms with Crippen molar-refractivity contribution in [2.24, 2.45) is 0 Å². The van der Waals surface area contributed by atoms with Crippen LogP contribution in [-0.4, -0.2) is 33.9 Å². The molecule has 0 fully saturated rings. The van der Waals surface area contributed by atoms with Gasteiger partial charge in [-0.25, -0.2) is 9.48 Å². The predicted octanol–water partition coefficient (Wildman–Crippen LogP) is 1.70. The first kappa shape index (κ1) is 14.9. The van der Waals surface area contributed by atoms with E-state index in [2.05, 4.69) is 5.10 Å². The summed E-state index contributed by atoms with van der Waals surface area (Å²) in [6.45, 7) is 5.67. The molecule has 0 aromatic carbocycles. The second-order valence-corrected chi connectivity index (χ2v) is 3.67. The van der Waals surface area contributed by atoms with Crippen LogP contribution in [0.2, 0.25) is 0 Å². The van der Waals surface area contributed by atoms with E-state index in [1.54, 1.807) is 20.8 Å². The minimum Gasteiger partial charge on any atom is -0.472 e. The lowest BCUT2D eigenvalue weighted by molar-refractivity contribution is -0.386. The van der Waals surface area contributed by atoms with Gasteiger partial charge < -0.3 is 9.47 Å². The zero-order valence-electron chi connectivity index (χ0n) is 11.2. The van der Waals surface area contributed by atoms with E-state index in [1.165, 1.54) is 10.9 Å². The van der Waals surface area contributed by atoms with E-state index in [1.807, 2.05) is 0 Å². The van der Waals surface area contributed by atoms with Crippen molar-refractivity contribution in [3.05, 3.63) is 16.3 Å². The van der Waals surface area contributed by atoms with Crippen LogP contribution in [0.3, 0.4) is 0 Å². The molecule has 1 aromatic heterocycles. The van der Waals surface area contributed by atoms with Crippen molar-refractivity contribution < 1.29 is 19.2 Å². The molecule has 0 spiro atoms. The van der Waals surface area contributed by atoms with Crippen LogP contribution in [0.5, 0.6) is 5.88 Å². The van der Waals surface area contributed by atoms with Crippen molar-refractivity contribution in [1.82, 2.24) is 9.78 Å². The van der Waals surface area contributed by atoms with E-state index >= 15 is 0 Å². The van der Waals surface area contributed by atoms with Crippen molar-refractivity contribution in [1.29, 1.82) is 0 Å². The summed E-state index contributed by atoms with van der Waals surface area (Å²) < 4.78 is 11.2. The van der Waals surface area contributed by atoms with Gasteiger partial charge in [0.05, 0.1) is 18.1 Å². The standard InChI is InChI=1S/C11H17N3O5/c1-4-8(11(15)19-6-3)13-7-9(14(16)17)10(12-13)18-5-2/h7-8H,4-6H2,1-3H3/t8-/m1/s1. The number of nitrogens with zero attached hydrogens (tertiary/aromatic N) is 3. The molecule has 0 aliphatic carbocycles. The number of hydrogen-bond acceptors (Lipinski definition) is 6. The van der Waals surface area contributed by atoms with E-state index in [0.29, 0.717) is 6.42 Å². The van der Waals surface area contributed by atoms with Crippen molar-refractivity contribution in [3.63, 3.8) is 0 Å². The Morgan fingerprint density at radius 3 is 2.63 bits per heavy atom. The normalized spacial score (nSPS) is 11.9. The molecular formula is C11H17N3O5. The van der Waals surface area contributed by atoms with Gasteiger partial charge in [-0.05, 0) is 20.3 Å². The quantitative estimate of drug-likeness (QED) is 0.425. The average molecular weight is 271 g/mol. The van der Waals surface area contributed by atoms with Crippen LogP contribution >= 0.6 is 0 Å². The Kier molecular flexibility index (Phi) is 5.28. The number of nitro groups is 1. The van der Waals surface area contributed by atoms with Crippen molar-refractivity contribution in [3.8, 4) is 5.88 Å². The van der Waals surface area contributed by atoms with E-state index in [0.717, 1.165) is 0 Å². The molecule has 1 rings (SSSR count). The molecule has 0 aliphatic rings. The summed E-state index contributed by atoms with van der Waals surface area (Å²) in [5.41, 5.74) is -0.260. The maximum atomic E-state index is 11.7. The molecule has 0 saturated carbocycles. The smallest absolute Gasteiger partial charge is 0.350 e. The summed E-state index contributed by atoms with van der Waals surface area (Å²) in [7, 11) is 0. The van der Waals surface area contributed by atoms with Crippen molar-refractivity contribution in [2.75, 3.05) is 13.2 Å². The minimum absolute atomic E-state index is 0.0877. The Bertz CT molecular complexity index is 457. The van der Waals surface area contributed by atoms with E-state index in [4.69, 9.17) is 9.47 Å². The monoisotopic (exact) mass is 271 g/mol. The van der Waals surface area contributed by atoms with E-state index in [-0.39, 0.29) is 24.8 Å². The van der Waals surface area contributed by atoms with E-state index in [9.17, 15) is 14.9 Å². The van der Waals surface area contributed by atoms with Gasteiger partial charge in [-0.15, -0.1) is 5.10 Å². The van der Waals surface area contributed by atoms with Gasteiger partial charge in [0.1, 0.15) is 12.2 Å². The first-order chi connectivity index (χ1) is 9.04. The number of rotatable bonds is 7. The molecule has 106 valence electrons. The van der Waals surface area contributed by atoms with Crippen LogP contribution < -0.4 is 4.74 Å². The maximum Gasteiger partial charge on any atom is 0.350 e. The largest absolute Gasteiger partial charge is 0.472 e. The third-order valence-electron chi connectivity index (χ3n) is 2.42. The number of carbonyl (C=O) groups is 1. The Morgan fingerprint density at radius 1 is 1.47 bits per heavy atom. The highest BCUT2D eigenvalue weighted by Gasteiger charge is 2.27. The van der Waals surface area contributed by atoms with Gasteiger partial charge in [-0.3, -0.25) is 10.1 Å². The molecule has 19 heavy (non-hydrogen) atoms. The number of carbonyl (C=O) groups excluding carboxylic acids is 1. The number of hydrogen-bond donors (Lipinski definition) is 0. The SMILES string of the molecule is CCOC(=O)[C@@H](CC)n1cc([N+](=O)[O-])c(OCC)n1.